The van der Waals surface area contributed by atoms with Crippen LogP contribution in [0.5, 0.6) is 0 Å². The molecule has 21 heavy (non-hydrogen) atoms. The molecule has 0 aliphatic rings. The van der Waals surface area contributed by atoms with Gasteiger partial charge in [-0.05, 0) is 11.6 Å². The number of hydrogen-bond donors (Lipinski definition) is 1. The Labute approximate surface area is 131 Å². The molecule has 2 rings (SSSR count). The lowest BCUT2D eigenvalue weighted by Crippen LogP contribution is -2.21. The van der Waals surface area contributed by atoms with Crippen molar-refractivity contribution < 1.29 is 4.92 Å². The monoisotopic (exact) mass is 352 g/mol. The van der Waals surface area contributed by atoms with Crippen LogP contribution in [-0.2, 0) is 13.1 Å². The summed E-state index contributed by atoms with van der Waals surface area (Å²) in [6.45, 7) is 5.54. The van der Waals surface area contributed by atoms with Gasteiger partial charge in [0.15, 0.2) is 0 Å². The lowest BCUT2D eigenvalue weighted by Gasteiger charge is -2.06. The maximum absolute atomic E-state index is 10.7. The van der Waals surface area contributed by atoms with E-state index < -0.39 is 4.92 Å². The highest BCUT2D eigenvalue weighted by atomic mass is 79.9. The fraction of sp³-hybridized carbons (Fsp3) is 0.357. The number of nitro groups is 1. The molecule has 0 aliphatic heterocycles. The van der Waals surface area contributed by atoms with Gasteiger partial charge in [0.05, 0.1) is 17.7 Å². The molecule has 7 heteroatoms. The van der Waals surface area contributed by atoms with E-state index in [0.717, 1.165) is 17.7 Å². The molecule has 0 bridgehead atoms. The topological polar surface area (TPSA) is 73.0 Å². The first kappa shape index (κ1) is 15.7. The standard InChI is InChI=1S/C14H17BrN4O2/c1-10(2)16-6-11-7-17-18(8-11)9-12-3-4-13(19(20)21)5-14(12)15/h3-5,7-8,10,16H,6,9H2,1-2H3. The number of hydrogen-bond acceptors (Lipinski definition) is 4. The van der Waals surface area contributed by atoms with Crippen molar-refractivity contribution in [3.05, 3.63) is 56.3 Å². The van der Waals surface area contributed by atoms with Crippen molar-refractivity contribution in [1.29, 1.82) is 0 Å². The van der Waals surface area contributed by atoms with Crippen molar-refractivity contribution in [3.63, 3.8) is 0 Å². The normalized spacial score (nSPS) is 11.0. The van der Waals surface area contributed by atoms with Crippen LogP contribution in [0.2, 0.25) is 0 Å². The van der Waals surface area contributed by atoms with Gasteiger partial charge in [0.1, 0.15) is 0 Å². The molecule has 1 N–H and O–H groups in total. The van der Waals surface area contributed by atoms with E-state index in [-0.39, 0.29) is 5.69 Å². The van der Waals surface area contributed by atoms with Gasteiger partial charge in [0, 0.05) is 41.0 Å². The number of nitrogens with one attached hydrogen (secondary N) is 1. The third kappa shape index (κ3) is 4.37. The summed E-state index contributed by atoms with van der Waals surface area (Å²) in [5.74, 6) is 0. The van der Waals surface area contributed by atoms with E-state index in [0.29, 0.717) is 17.1 Å². The Balaban J connectivity index is 2.06. The quantitative estimate of drug-likeness (QED) is 0.640. The maximum atomic E-state index is 10.7. The summed E-state index contributed by atoms with van der Waals surface area (Å²) in [7, 11) is 0. The van der Waals surface area contributed by atoms with E-state index in [1.807, 2.05) is 17.1 Å². The molecule has 0 saturated heterocycles. The molecule has 0 spiro atoms. The van der Waals surface area contributed by atoms with Gasteiger partial charge in [0.25, 0.3) is 5.69 Å². The van der Waals surface area contributed by atoms with E-state index >= 15 is 0 Å². The lowest BCUT2D eigenvalue weighted by molar-refractivity contribution is -0.384. The molecule has 0 aliphatic carbocycles. The van der Waals surface area contributed by atoms with E-state index in [2.05, 4.69) is 40.2 Å². The van der Waals surface area contributed by atoms with E-state index in [1.54, 1.807) is 6.07 Å². The highest BCUT2D eigenvalue weighted by molar-refractivity contribution is 9.10. The summed E-state index contributed by atoms with van der Waals surface area (Å²) in [5.41, 5.74) is 2.14. The Kier molecular flexibility index (Phi) is 5.08. The minimum Gasteiger partial charge on any atom is -0.310 e. The molecule has 1 aromatic carbocycles. The van der Waals surface area contributed by atoms with E-state index in [1.165, 1.54) is 12.1 Å². The predicted molar refractivity (Wildman–Crippen MR) is 84.1 cm³/mol. The summed E-state index contributed by atoms with van der Waals surface area (Å²) < 4.78 is 2.54. The van der Waals surface area contributed by atoms with Crippen LogP contribution in [-0.4, -0.2) is 20.7 Å². The first-order chi connectivity index (χ1) is 9.95. The molecule has 2 aromatic rings. The first-order valence-electron chi connectivity index (χ1n) is 6.63. The van der Waals surface area contributed by atoms with E-state index in [9.17, 15) is 10.1 Å². The molecule has 0 unspecified atom stereocenters. The number of non-ortho nitro benzene ring substituents is 1. The molecular weight excluding hydrogens is 336 g/mol. The van der Waals surface area contributed by atoms with Crippen LogP contribution in [0.15, 0.2) is 35.1 Å². The fourth-order valence-corrected chi connectivity index (χ4v) is 2.35. The molecule has 0 saturated carbocycles. The number of aromatic nitrogens is 2. The third-order valence-corrected chi connectivity index (χ3v) is 3.72. The summed E-state index contributed by atoms with van der Waals surface area (Å²) in [5, 5.41) is 18.4. The van der Waals surface area contributed by atoms with Crippen molar-refractivity contribution in [2.24, 2.45) is 0 Å². The molecule has 0 fully saturated rings. The highest BCUT2D eigenvalue weighted by Gasteiger charge is 2.10. The Morgan fingerprint density at radius 1 is 1.48 bits per heavy atom. The Morgan fingerprint density at radius 3 is 2.86 bits per heavy atom. The summed E-state index contributed by atoms with van der Waals surface area (Å²) in [6, 6.07) is 5.19. The predicted octanol–water partition coefficient (Wildman–Crippen LogP) is 3.10. The largest absolute Gasteiger partial charge is 0.310 e. The number of benzene rings is 1. The fourth-order valence-electron chi connectivity index (χ4n) is 1.86. The zero-order chi connectivity index (χ0) is 15.4. The zero-order valence-corrected chi connectivity index (χ0v) is 13.5. The van der Waals surface area contributed by atoms with Gasteiger partial charge in [-0.3, -0.25) is 14.8 Å². The lowest BCUT2D eigenvalue weighted by atomic mass is 10.2. The van der Waals surface area contributed by atoms with Gasteiger partial charge >= 0.3 is 0 Å². The van der Waals surface area contributed by atoms with Gasteiger partial charge < -0.3 is 5.32 Å². The van der Waals surface area contributed by atoms with Crippen molar-refractivity contribution in [3.8, 4) is 0 Å². The summed E-state index contributed by atoms with van der Waals surface area (Å²) >= 11 is 3.37. The molecule has 1 heterocycles. The van der Waals surface area contributed by atoms with Crippen molar-refractivity contribution in [2.75, 3.05) is 0 Å². The van der Waals surface area contributed by atoms with Crippen molar-refractivity contribution in [1.82, 2.24) is 15.1 Å². The molecule has 0 atom stereocenters. The minimum atomic E-state index is -0.405. The highest BCUT2D eigenvalue weighted by Crippen LogP contribution is 2.23. The second-order valence-electron chi connectivity index (χ2n) is 5.11. The van der Waals surface area contributed by atoms with Crippen LogP contribution in [0.1, 0.15) is 25.0 Å². The van der Waals surface area contributed by atoms with Crippen LogP contribution < -0.4 is 5.32 Å². The molecule has 0 radical (unpaired) electrons. The van der Waals surface area contributed by atoms with Gasteiger partial charge in [-0.15, -0.1) is 0 Å². The van der Waals surface area contributed by atoms with Crippen LogP contribution in [0, 0.1) is 10.1 Å². The van der Waals surface area contributed by atoms with Crippen molar-refractivity contribution in [2.45, 2.75) is 33.0 Å². The maximum Gasteiger partial charge on any atom is 0.270 e. The minimum absolute atomic E-state index is 0.0768. The number of rotatable bonds is 6. The number of halogens is 1. The molecule has 0 amide bonds. The van der Waals surface area contributed by atoms with Gasteiger partial charge in [-0.2, -0.15) is 5.10 Å². The Hall–Kier alpha value is -1.73. The van der Waals surface area contributed by atoms with Crippen LogP contribution in [0.4, 0.5) is 5.69 Å². The number of nitrogens with zero attached hydrogens (tertiary/aromatic N) is 3. The van der Waals surface area contributed by atoms with Crippen LogP contribution in [0.3, 0.4) is 0 Å². The summed E-state index contributed by atoms with van der Waals surface area (Å²) in [6.07, 6.45) is 3.80. The second kappa shape index (κ2) is 6.82. The Morgan fingerprint density at radius 2 is 2.24 bits per heavy atom. The van der Waals surface area contributed by atoms with Crippen molar-refractivity contribution >= 4 is 21.6 Å². The number of nitro benzene ring substituents is 1. The van der Waals surface area contributed by atoms with Crippen LogP contribution in [0.25, 0.3) is 0 Å². The zero-order valence-electron chi connectivity index (χ0n) is 11.9. The average molecular weight is 353 g/mol. The second-order valence-corrected chi connectivity index (χ2v) is 5.97. The van der Waals surface area contributed by atoms with Gasteiger partial charge in [-0.1, -0.05) is 29.8 Å². The molecule has 112 valence electrons. The smallest absolute Gasteiger partial charge is 0.270 e. The van der Waals surface area contributed by atoms with Gasteiger partial charge in [0.2, 0.25) is 0 Å². The average Bonchev–Trinajstić information content (AvgIpc) is 2.86. The van der Waals surface area contributed by atoms with E-state index in [4.69, 9.17) is 0 Å². The summed E-state index contributed by atoms with van der Waals surface area (Å²) in [4.78, 5) is 10.3. The Bertz CT molecular complexity index is 640. The van der Waals surface area contributed by atoms with Gasteiger partial charge in [-0.25, -0.2) is 0 Å². The molecule has 1 aromatic heterocycles. The SMILES string of the molecule is CC(C)NCc1cnn(Cc2ccc([N+](=O)[O-])cc2Br)c1. The molecule has 6 nitrogen and oxygen atoms in total. The van der Waals surface area contributed by atoms with Crippen LogP contribution >= 0.6 is 15.9 Å². The first-order valence-corrected chi connectivity index (χ1v) is 7.42. The molecular formula is C14H17BrN4O2. The third-order valence-electron chi connectivity index (χ3n) is 2.98.